The summed E-state index contributed by atoms with van der Waals surface area (Å²) >= 11 is 11.8. The van der Waals surface area contributed by atoms with Crippen molar-refractivity contribution in [3.8, 4) is 0 Å². The highest BCUT2D eigenvalue weighted by atomic mass is 35.5. The van der Waals surface area contributed by atoms with Crippen LogP contribution in [0.1, 0.15) is 0 Å². The fourth-order valence-corrected chi connectivity index (χ4v) is 1.70. The van der Waals surface area contributed by atoms with Gasteiger partial charge in [0.15, 0.2) is 0 Å². The van der Waals surface area contributed by atoms with Gasteiger partial charge in [0.2, 0.25) is 0 Å². The van der Waals surface area contributed by atoms with Crippen LogP contribution in [0.5, 0.6) is 0 Å². The van der Waals surface area contributed by atoms with Crippen LogP contribution in [0.15, 0.2) is 42.7 Å². The Hall–Kier alpha value is -1.25. The smallest absolute Gasteiger partial charge is 0.0613 e. The van der Waals surface area contributed by atoms with Gasteiger partial charge in [-0.25, -0.2) is 0 Å². The Bertz CT molecular complexity index is 486. The van der Waals surface area contributed by atoms with Gasteiger partial charge in [0, 0.05) is 30.8 Å². The number of hydrogen-bond acceptors (Lipinski definition) is 2. The molecule has 0 aliphatic rings. The molecule has 0 aliphatic carbocycles. The predicted octanol–water partition coefficient (Wildman–Crippen LogP) is 4.16. The molecule has 2 aromatic rings. The maximum absolute atomic E-state index is 5.97. The van der Waals surface area contributed by atoms with E-state index in [0.717, 1.165) is 11.4 Å². The topological polar surface area (TPSA) is 16.1 Å². The Balaban J connectivity index is 2.34. The number of hydrogen-bond donors (Lipinski definition) is 0. The maximum atomic E-state index is 5.97. The molecular formula is C12H10Cl2N2. The Labute approximate surface area is 104 Å². The van der Waals surface area contributed by atoms with Crippen molar-refractivity contribution in [1.82, 2.24) is 4.98 Å². The van der Waals surface area contributed by atoms with E-state index in [1.807, 2.05) is 36.2 Å². The molecule has 1 aromatic heterocycles. The summed E-state index contributed by atoms with van der Waals surface area (Å²) in [5.74, 6) is 0. The highest BCUT2D eigenvalue weighted by Gasteiger charge is 2.05. The van der Waals surface area contributed by atoms with Gasteiger partial charge < -0.3 is 4.90 Å². The van der Waals surface area contributed by atoms with Gasteiger partial charge in [-0.15, -0.1) is 0 Å². The van der Waals surface area contributed by atoms with Gasteiger partial charge in [-0.2, -0.15) is 0 Å². The standard InChI is InChI=1S/C12H10Cl2N2/c1-16(9-4-6-15-7-5-9)10-2-3-11(13)12(14)8-10/h2-8H,1H3. The molecule has 0 saturated heterocycles. The lowest BCUT2D eigenvalue weighted by atomic mass is 10.2. The van der Waals surface area contributed by atoms with E-state index < -0.39 is 0 Å². The van der Waals surface area contributed by atoms with Gasteiger partial charge in [-0.1, -0.05) is 23.2 Å². The van der Waals surface area contributed by atoms with Crippen molar-refractivity contribution in [2.45, 2.75) is 0 Å². The van der Waals surface area contributed by atoms with Crippen molar-refractivity contribution in [2.75, 3.05) is 11.9 Å². The number of pyridine rings is 1. The highest BCUT2D eigenvalue weighted by Crippen LogP contribution is 2.29. The van der Waals surface area contributed by atoms with Crippen molar-refractivity contribution >= 4 is 34.6 Å². The molecule has 82 valence electrons. The monoisotopic (exact) mass is 252 g/mol. The molecule has 0 spiro atoms. The lowest BCUT2D eigenvalue weighted by molar-refractivity contribution is 1.19. The minimum atomic E-state index is 0.556. The first-order chi connectivity index (χ1) is 7.68. The van der Waals surface area contributed by atoms with Crippen LogP contribution in [0.3, 0.4) is 0 Å². The molecular weight excluding hydrogens is 243 g/mol. The number of nitrogens with zero attached hydrogens (tertiary/aromatic N) is 2. The fourth-order valence-electron chi connectivity index (χ4n) is 1.41. The molecule has 0 bridgehead atoms. The molecule has 1 heterocycles. The summed E-state index contributed by atoms with van der Waals surface area (Å²) in [6.07, 6.45) is 3.51. The molecule has 0 radical (unpaired) electrons. The first kappa shape index (κ1) is 11.2. The van der Waals surface area contributed by atoms with Gasteiger partial charge in [0.05, 0.1) is 10.0 Å². The van der Waals surface area contributed by atoms with E-state index in [1.165, 1.54) is 0 Å². The van der Waals surface area contributed by atoms with E-state index in [4.69, 9.17) is 23.2 Å². The van der Waals surface area contributed by atoms with Crippen molar-refractivity contribution in [3.63, 3.8) is 0 Å². The molecule has 2 rings (SSSR count). The third kappa shape index (κ3) is 2.29. The van der Waals surface area contributed by atoms with E-state index in [9.17, 15) is 0 Å². The third-order valence-electron chi connectivity index (χ3n) is 2.34. The second-order valence-electron chi connectivity index (χ2n) is 3.36. The normalized spacial score (nSPS) is 10.2. The molecule has 16 heavy (non-hydrogen) atoms. The van der Waals surface area contributed by atoms with E-state index in [1.54, 1.807) is 18.5 Å². The van der Waals surface area contributed by atoms with Crippen LogP contribution in [0.2, 0.25) is 10.0 Å². The molecule has 0 atom stereocenters. The summed E-state index contributed by atoms with van der Waals surface area (Å²) in [6.45, 7) is 0. The largest absolute Gasteiger partial charge is 0.344 e. The molecule has 0 aliphatic heterocycles. The third-order valence-corrected chi connectivity index (χ3v) is 3.08. The molecule has 1 aromatic carbocycles. The van der Waals surface area contributed by atoms with Crippen LogP contribution < -0.4 is 4.90 Å². The molecule has 0 N–H and O–H groups in total. The Kier molecular flexibility index (Phi) is 3.32. The maximum Gasteiger partial charge on any atom is 0.0613 e. The van der Waals surface area contributed by atoms with Crippen LogP contribution in [0, 0.1) is 0 Å². The van der Waals surface area contributed by atoms with Crippen LogP contribution in [0.25, 0.3) is 0 Å². The van der Waals surface area contributed by atoms with Crippen LogP contribution in [-0.2, 0) is 0 Å². The SMILES string of the molecule is CN(c1ccncc1)c1ccc(Cl)c(Cl)c1. The van der Waals surface area contributed by atoms with Crippen LogP contribution in [-0.4, -0.2) is 12.0 Å². The second kappa shape index (κ2) is 4.73. The van der Waals surface area contributed by atoms with Crippen LogP contribution in [0.4, 0.5) is 11.4 Å². The Morgan fingerprint density at radius 2 is 1.62 bits per heavy atom. The Morgan fingerprint density at radius 3 is 2.25 bits per heavy atom. The van der Waals surface area contributed by atoms with Crippen molar-refractivity contribution < 1.29 is 0 Å². The summed E-state index contributed by atoms with van der Waals surface area (Å²) in [6, 6.07) is 9.42. The second-order valence-corrected chi connectivity index (χ2v) is 4.18. The van der Waals surface area contributed by atoms with Gasteiger partial charge in [-0.3, -0.25) is 4.98 Å². The lowest BCUT2D eigenvalue weighted by Crippen LogP contribution is -2.09. The van der Waals surface area contributed by atoms with E-state index in [-0.39, 0.29) is 0 Å². The first-order valence-corrected chi connectivity index (χ1v) is 5.53. The molecule has 0 fully saturated rings. The molecule has 4 heteroatoms. The number of rotatable bonds is 2. The van der Waals surface area contributed by atoms with Crippen molar-refractivity contribution in [3.05, 3.63) is 52.8 Å². The summed E-state index contributed by atoms with van der Waals surface area (Å²) in [5, 5.41) is 1.12. The van der Waals surface area contributed by atoms with Gasteiger partial charge in [-0.05, 0) is 30.3 Å². The summed E-state index contributed by atoms with van der Waals surface area (Å²) < 4.78 is 0. The number of anilines is 2. The minimum absolute atomic E-state index is 0.556. The van der Waals surface area contributed by atoms with E-state index >= 15 is 0 Å². The zero-order valence-corrected chi connectivity index (χ0v) is 10.2. The predicted molar refractivity (Wildman–Crippen MR) is 68.8 cm³/mol. The van der Waals surface area contributed by atoms with Crippen molar-refractivity contribution in [2.24, 2.45) is 0 Å². The summed E-state index contributed by atoms with van der Waals surface area (Å²) in [4.78, 5) is 6.00. The molecule has 0 unspecified atom stereocenters. The zero-order valence-electron chi connectivity index (χ0n) is 8.69. The number of benzene rings is 1. The first-order valence-electron chi connectivity index (χ1n) is 4.77. The quantitative estimate of drug-likeness (QED) is 0.798. The van der Waals surface area contributed by atoms with Gasteiger partial charge in [0.1, 0.15) is 0 Å². The number of halogens is 2. The van der Waals surface area contributed by atoms with E-state index in [0.29, 0.717) is 10.0 Å². The molecule has 0 amide bonds. The number of aromatic nitrogens is 1. The summed E-state index contributed by atoms with van der Waals surface area (Å²) in [5.41, 5.74) is 2.04. The average molecular weight is 253 g/mol. The van der Waals surface area contributed by atoms with Gasteiger partial charge >= 0.3 is 0 Å². The van der Waals surface area contributed by atoms with Gasteiger partial charge in [0.25, 0.3) is 0 Å². The van der Waals surface area contributed by atoms with Crippen LogP contribution >= 0.6 is 23.2 Å². The fraction of sp³-hybridized carbons (Fsp3) is 0.0833. The van der Waals surface area contributed by atoms with Crippen molar-refractivity contribution in [1.29, 1.82) is 0 Å². The van der Waals surface area contributed by atoms with E-state index in [2.05, 4.69) is 4.98 Å². The summed E-state index contributed by atoms with van der Waals surface area (Å²) in [7, 11) is 1.97. The zero-order chi connectivity index (χ0) is 11.5. The highest BCUT2D eigenvalue weighted by molar-refractivity contribution is 6.42. The molecule has 2 nitrogen and oxygen atoms in total. The minimum Gasteiger partial charge on any atom is -0.344 e. The molecule has 0 saturated carbocycles. The Morgan fingerprint density at radius 1 is 0.938 bits per heavy atom. The lowest BCUT2D eigenvalue weighted by Gasteiger charge is -2.19. The average Bonchev–Trinajstić information content (AvgIpc) is 2.33.